The molecule has 122 valence electrons. The predicted molar refractivity (Wildman–Crippen MR) is 83.1 cm³/mol. The van der Waals surface area contributed by atoms with Crippen molar-refractivity contribution in [3.8, 4) is 0 Å². The van der Waals surface area contributed by atoms with Crippen molar-refractivity contribution in [2.75, 3.05) is 20.1 Å². The number of likely N-dealkylation sites (N-methyl/N-ethyl adjacent to an activating group) is 1. The molecule has 0 aromatic heterocycles. The van der Waals surface area contributed by atoms with Crippen LogP contribution in [-0.4, -0.2) is 37.0 Å². The van der Waals surface area contributed by atoms with Gasteiger partial charge in [-0.3, -0.25) is 4.79 Å². The van der Waals surface area contributed by atoms with E-state index in [1.165, 1.54) is 6.07 Å². The molecule has 3 rings (SSSR count). The average molecular weight is 331 g/mol. The SMILES string of the molecule is CNC1CCCN(C(=O)C2CC2c2ccc(F)c(F)c2)C1.Cl. The molecule has 0 spiro atoms. The summed E-state index contributed by atoms with van der Waals surface area (Å²) in [6.45, 7) is 1.55. The predicted octanol–water partition coefficient (Wildman–Crippen LogP) is 2.70. The molecule has 1 aliphatic heterocycles. The molecule has 3 unspecified atom stereocenters. The minimum atomic E-state index is -0.838. The number of carbonyl (C=O) groups excluding carboxylic acids is 1. The first kappa shape index (κ1) is 17.2. The van der Waals surface area contributed by atoms with Gasteiger partial charge in [0.15, 0.2) is 11.6 Å². The third kappa shape index (κ3) is 3.41. The fourth-order valence-electron chi connectivity index (χ4n) is 3.23. The van der Waals surface area contributed by atoms with Crippen molar-refractivity contribution >= 4 is 18.3 Å². The van der Waals surface area contributed by atoms with Crippen molar-refractivity contribution in [2.45, 2.75) is 31.2 Å². The molecule has 1 aromatic carbocycles. The third-order valence-corrected chi connectivity index (χ3v) is 4.62. The van der Waals surface area contributed by atoms with Crippen molar-refractivity contribution < 1.29 is 13.6 Å². The van der Waals surface area contributed by atoms with Crippen LogP contribution in [0.2, 0.25) is 0 Å². The van der Waals surface area contributed by atoms with E-state index in [9.17, 15) is 13.6 Å². The van der Waals surface area contributed by atoms with Crippen LogP contribution in [0, 0.1) is 17.6 Å². The molecular formula is C16H21ClF2N2O. The summed E-state index contributed by atoms with van der Waals surface area (Å²) >= 11 is 0. The van der Waals surface area contributed by atoms with Crippen LogP contribution >= 0.6 is 12.4 Å². The second-order valence-electron chi connectivity index (χ2n) is 6.03. The van der Waals surface area contributed by atoms with Crippen LogP contribution in [0.4, 0.5) is 8.78 Å². The van der Waals surface area contributed by atoms with E-state index in [0.29, 0.717) is 6.04 Å². The van der Waals surface area contributed by atoms with Gasteiger partial charge in [-0.2, -0.15) is 0 Å². The van der Waals surface area contributed by atoms with Gasteiger partial charge in [-0.1, -0.05) is 6.07 Å². The Balaban J connectivity index is 0.00000176. The monoisotopic (exact) mass is 330 g/mol. The van der Waals surface area contributed by atoms with Crippen LogP contribution in [-0.2, 0) is 4.79 Å². The van der Waals surface area contributed by atoms with E-state index in [-0.39, 0.29) is 30.2 Å². The molecular weight excluding hydrogens is 310 g/mol. The molecule has 3 atom stereocenters. The lowest BCUT2D eigenvalue weighted by atomic mass is 10.0. The fraction of sp³-hybridized carbons (Fsp3) is 0.562. The Kier molecular flexibility index (Phi) is 5.40. The quantitative estimate of drug-likeness (QED) is 0.924. The fourth-order valence-corrected chi connectivity index (χ4v) is 3.23. The first-order valence-corrected chi connectivity index (χ1v) is 7.51. The van der Waals surface area contributed by atoms with Crippen LogP contribution in [0.15, 0.2) is 18.2 Å². The zero-order chi connectivity index (χ0) is 15.0. The van der Waals surface area contributed by atoms with Crippen LogP contribution in [0.5, 0.6) is 0 Å². The van der Waals surface area contributed by atoms with Crippen molar-refractivity contribution in [3.63, 3.8) is 0 Å². The van der Waals surface area contributed by atoms with Gasteiger partial charge in [0.25, 0.3) is 0 Å². The van der Waals surface area contributed by atoms with Crippen LogP contribution in [0.25, 0.3) is 0 Å². The largest absolute Gasteiger partial charge is 0.341 e. The lowest BCUT2D eigenvalue weighted by Crippen LogP contribution is -2.47. The van der Waals surface area contributed by atoms with Crippen LogP contribution in [0.3, 0.4) is 0 Å². The van der Waals surface area contributed by atoms with Crippen molar-refractivity contribution in [2.24, 2.45) is 5.92 Å². The molecule has 1 saturated heterocycles. The van der Waals surface area contributed by atoms with Crippen molar-refractivity contribution in [1.82, 2.24) is 10.2 Å². The number of halogens is 3. The number of hydrogen-bond donors (Lipinski definition) is 1. The van der Waals surface area contributed by atoms with Gasteiger partial charge in [0.1, 0.15) is 0 Å². The van der Waals surface area contributed by atoms with E-state index in [0.717, 1.165) is 44.0 Å². The Morgan fingerprint density at radius 2 is 2.09 bits per heavy atom. The Morgan fingerprint density at radius 3 is 2.77 bits per heavy atom. The summed E-state index contributed by atoms with van der Waals surface area (Å²) in [7, 11) is 1.92. The highest BCUT2D eigenvalue weighted by Gasteiger charge is 2.46. The summed E-state index contributed by atoms with van der Waals surface area (Å²) in [5, 5.41) is 3.22. The van der Waals surface area contributed by atoms with E-state index in [1.807, 2.05) is 11.9 Å². The molecule has 6 heteroatoms. The number of rotatable bonds is 3. The molecule has 3 nitrogen and oxygen atoms in total. The maximum Gasteiger partial charge on any atom is 0.226 e. The topological polar surface area (TPSA) is 32.3 Å². The highest BCUT2D eigenvalue weighted by Crippen LogP contribution is 2.48. The Morgan fingerprint density at radius 1 is 1.32 bits per heavy atom. The molecule has 2 aliphatic rings. The zero-order valence-corrected chi connectivity index (χ0v) is 13.3. The number of amides is 1. The van der Waals surface area contributed by atoms with Gasteiger partial charge in [-0.15, -0.1) is 12.4 Å². The molecule has 1 amide bonds. The minimum absolute atomic E-state index is 0. The lowest BCUT2D eigenvalue weighted by Gasteiger charge is -2.32. The van der Waals surface area contributed by atoms with Crippen molar-refractivity contribution in [1.29, 1.82) is 0 Å². The molecule has 1 saturated carbocycles. The van der Waals surface area contributed by atoms with E-state index in [1.54, 1.807) is 6.07 Å². The zero-order valence-electron chi connectivity index (χ0n) is 12.5. The third-order valence-electron chi connectivity index (χ3n) is 4.62. The molecule has 0 radical (unpaired) electrons. The smallest absolute Gasteiger partial charge is 0.226 e. The second kappa shape index (κ2) is 6.92. The van der Waals surface area contributed by atoms with E-state index < -0.39 is 11.6 Å². The van der Waals surface area contributed by atoms with Gasteiger partial charge in [0.2, 0.25) is 5.91 Å². The van der Waals surface area contributed by atoms with Gasteiger partial charge in [0.05, 0.1) is 0 Å². The Bertz CT molecular complexity index is 555. The van der Waals surface area contributed by atoms with E-state index >= 15 is 0 Å². The summed E-state index contributed by atoms with van der Waals surface area (Å²) in [5.41, 5.74) is 0.731. The lowest BCUT2D eigenvalue weighted by molar-refractivity contribution is -0.134. The standard InChI is InChI=1S/C16H20F2N2O.ClH/c1-19-11-3-2-6-20(9-11)16(21)13-8-12(13)10-4-5-14(17)15(18)7-10;/h4-5,7,11-13,19H,2-3,6,8-9H2,1H3;1H. The number of piperidine rings is 1. The Hall–Kier alpha value is -1.20. The van der Waals surface area contributed by atoms with Gasteiger partial charge in [0, 0.05) is 25.0 Å². The van der Waals surface area contributed by atoms with Gasteiger partial charge in [-0.05, 0) is 49.9 Å². The summed E-state index contributed by atoms with van der Waals surface area (Å²) < 4.78 is 26.2. The maximum atomic E-state index is 13.3. The molecule has 22 heavy (non-hydrogen) atoms. The summed E-state index contributed by atoms with van der Waals surface area (Å²) in [4.78, 5) is 14.4. The first-order chi connectivity index (χ1) is 10.1. The number of hydrogen-bond acceptors (Lipinski definition) is 2. The van der Waals surface area contributed by atoms with Gasteiger partial charge in [-0.25, -0.2) is 8.78 Å². The normalized spacial score (nSPS) is 27.2. The molecule has 0 bridgehead atoms. The summed E-state index contributed by atoms with van der Waals surface area (Å²) in [6.07, 6.45) is 2.85. The molecule has 1 heterocycles. The highest BCUT2D eigenvalue weighted by atomic mass is 35.5. The average Bonchev–Trinajstić information content (AvgIpc) is 3.30. The molecule has 1 aliphatic carbocycles. The summed E-state index contributed by atoms with van der Waals surface area (Å²) in [5.74, 6) is -1.54. The summed E-state index contributed by atoms with van der Waals surface area (Å²) in [6, 6.07) is 4.31. The second-order valence-corrected chi connectivity index (χ2v) is 6.03. The van der Waals surface area contributed by atoms with E-state index in [4.69, 9.17) is 0 Å². The maximum absolute atomic E-state index is 13.3. The number of likely N-dealkylation sites (tertiary alicyclic amines) is 1. The first-order valence-electron chi connectivity index (χ1n) is 7.51. The number of nitrogens with one attached hydrogen (secondary N) is 1. The minimum Gasteiger partial charge on any atom is -0.341 e. The van der Waals surface area contributed by atoms with Crippen molar-refractivity contribution in [3.05, 3.63) is 35.4 Å². The van der Waals surface area contributed by atoms with Crippen LogP contribution in [0.1, 0.15) is 30.7 Å². The molecule has 1 N–H and O–H groups in total. The molecule has 2 fully saturated rings. The van der Waals surface area contributed by atoms with Crippen LogP contribution < -0.4 is 5.32 Å². The van der Waals surface area contributed by atoms with Gasteiger partial charge < -0.3 is 10.2 Å². The number of carbonyl (C=O) groups is 1. The van der Waals surface area contributed by atoms with Gasteiger partial charge >= 0.3 is 0 Å². The van der Waals surface area contributed by atoms with E-state index in [2.05, 4.69) is 5.32 Å². The number of benzene rings is 1. The Labute approximate surface area is 135 Å². The molecule has 1 aromatic rings. The highest BCUT2D eigenvalue weighted by molar-refractivity contribution is 5.85. The number of nitrogens with zero attached hydrogens (tertiary/aromatic N) is 1.